The van der Waals surface area contributed by atoms with Crippen LogP contribution in [0.5, 0.6) is 0 Å². The topological polar surface area (TPSA) is 83.6 Å². The van der Waals surface area contributed by atoms with Crippen LogP contribution in [0.1, 0.15) is 30.1 Å². The molecule has 0 radical (unpaired) electrons. The van der Waals surface area contributed by atoms with Crippen molar-refractivity contribution in [2.24, 2.45) is 11.7 Å². The maximum atomic E-state index is 11.5. The van der Waals surface area contributed by atoms with Crippen LogP contribution in [0, 0.1) is 5.92 Å². The van der Waals surface area contributed by atoms with Gasteiger partial charge in [0.2, 0.25) is 0 Å². The predicted octanol–water partition coefficient (Wildman–Crippen LogP) is 1.47. The number of rotatable bonds is 3. The summed E-state index contributed by atoms with van der Waals surface area (Å²) >= 11 is 0. The minimum absolute atomic E-state index is 0.0483. The van der Waals surface area contributed by atoms with Gasteiger partial charge in [-0.1, -0.05) is 19.1 Å². The first-order valence-corrected chi connectivity index (χ1v) is 6.40. The van der Waals surface area contributed by atoms with Crippen molar-refractivity contribution in [2.75, 3.05) is 11.4 Å². The highest BCUT2D eigenvalue weighted by atomic mass is 16.4. The van der Waals surface area contributed by atoms with Gasteiger partial charge in [0, 0.05) is 6.54 Å². The molecule has 2 rings (SSSR count). The number of piperidine rings is 1. The number of para-hydroxylation sites is 1. The highest BCUT2D eigenvalue weighted by molar-refractivity contribution is 5.99. The Labute approximate surface area is 112 Å². The first-order chi connectivity index (χ1) is 9.02. The van der Waals surface area contributed by atoms with Crippen molar-refractivity contribution < 1.29 is 14.7 Å². The molecule has 0 aliphatic carbocycles. The Morgan fingerprint density at radius 3 is 2.68 bits per heavy atom. The Bertz CT molecular complexity index is 501. The van der Waals surface area contributed by atoms with Gasteiger partial charge in [0.1, 0.15) is 6.04 Å². The molecule has 1 aromatic rings. The number of carbonyl (C=O) groups is 2. The number of carbonyl (C=O) groups excluding carboxylic acids is 1. The Kier molecular flexibility index (Phi) is 3.74. The molecule has 3 N–H and O–H groups in total. The molecule has 0 saturated carbocycles. The highest BCUT2D eigenvalue weighted by Crippen LogP contribution is 2.31. The van der Waals surface area contributed by atoms with Gasteiger partial charge in [0.25, 0.3) is 5.91 Å². The van der Waals surface area contributed by atoms with Crippen LogP contribution in [0.3, 0.4) is 0 Å². The van der Waals surface area contributed by atoms with Gasteiger partial charge < -0.3 is 15.7 Å². The number of nitrogens with two attached hydrogens (primary N) is 1. The Balaban J connectivity index is 2.44. The van der Waals surface area contributed by atoms with Crippen molar-refractivity contribution in [3.8, 4) is 0 Å². The summed E-state index contributed by atoms with van der Waals surface area (Å²) in [6.45, 7) is 2.56. The van der Waals surface area contributed by atoms with Crippen molar-refractivity contribution in [3.05, 3.63) is 29.8 Å². The number of aliphatic carboxylic acids is 1. The summed E-state index contributed by atoms with van der Waals surface area (Å²) < 4.78 is 0. The van der Waals surface area contributed by atoms with Crippen LogP contribution in [-0.4, -0.2) is 29.6 Å². The highest BCUT2D eigenvalue weighted by Gasteiger charge is 2.35. The normalized spacial score (nSPS) is 23.1. The Morgan fingerprint density at radius 1 is 1.37 bits per heavy atom. The van der Waals surface area contributed by atoms with E-state index in [0.717, 1.165) is 12.8 Å². The van der Waals surface area contributed by atoms with Crippen LogP contribution in [-0.2, 0) is 4.79 Å². The summed E-state index contributed by atoms with van der Waals surface area (Å²) in [4.78, 5) is 24.7. The molecule has 1 aliphatic heterocycles. The largest absolute Gasteiger partial charge is 0.480 e. The quantitative estimate of drug-likeness (QED) is 0.864. The maximum Gasteiger partial charge on any atom is 0.326 e. The molecular formula is C14H18N2O3. The molecule has 5 nitrogen and oxygen atoms in total. The second-order valence-corrected chi connectivity index (χ2v) is 4.98. The smallest absolute Gasteiger partial charge is 0.326 e. The molecule has 5 heteroatoms. The average Bonchev–Trinajstić information content (AvgIpc) is 2.37. The predicted molar refractivity (Wildman–Crippen MR) is 72.1 cm³/mol. The summed E-state index contributed by atoms with van der Waals surface area (Å²) in [5, 5.41) is 9.41. The molecule has 1 fully saturated rings. The lowest BCUT2D eigenvalue weighted by atomic mass is 9.90. The van der Waals surface area contributed by atoms with Gasteiger partial charge in [-0.3, -0.25) is 4.79 Å². The summed E-state index contributed by atoms with van der Waals surface area (Å²) in [5.41, 5.74) is 6.36. The fraction of sp³-hybridized carbons (Fsp3) is 0.429. The van der Waals surface area contributed by atoms with E-state index in [9.17, 15) is 14.7 Å². The number of hydrogen-bond donors (Lipinski definition) is 2. The Morgan fingerprint density at radius 2 is 2.05 bits per heavy atom. The van der Waals surface area contributed by atoms with E-state index in [0.29, 0.717) is 17.8 Å². The van der Waals surface area contributed by atoms with E-state index in [1.807, 2.05) is 6.92 Å². The summed E-state index contributed by atoms with van der Waals surface area (Å²) in [6, 6.07) is 6.31. The van der Waals surface area contributed by atoms with Crippen molar-refractivity contribution >= 4 is 17.6 Å². The van der Waals surface area contributed by atoms with Gasteiger partial charge in [0.15, 0.2) is 0 Å². The lowest BCUT2D eigenvalue weighted by Gasteiger charge is -2.39. The molecular weight excluding hydrogens is 244 g/mol. The third-order valence-electron chi connectivity index (χ3n) is 3.67. The van der Waals surface area contributed by atoms with Gasteiger partial charge in [-0.25, -0.2) is 4.79 Å². The average molecular weight is 262 g/mol. The van der Waals surface area contributed by atoms with Crippen LogP contribution in [0.4, 0.5) is 5.69 Å². The van der Waals surface area contributed by atoms with Gasteiger partial charge in [0.05, 0.1) is 11.3 Å². The number of nitrogens with zero attached hydrogens (tertiary/aromatic N) is 1. The molecule has 1 aliphatic rings. The molecule has 2 unspecified atom stereocenters. The summed E-state index contributed by atoms with van der Waals surface area (Å²) in [6.07, 6.45) is 1.80. The lowest BCUT2D eigenvalue weighted by molar-refractivity contribution is -0.140. The maximum absolute atomic E-state index is 11.5. The van der Waals surface area contributed by atoms with Crippen LogP contribution in [0.15, 0.2) is 24.3 Å². The first-order valence-electron chi connectivity index (χ1n) is 6.40. The third kappa shape index (κ3) is 2.54. The summed E-state index contributed by atoms with van der Waals surface area (Å²) in [5.74, 6) is -1.34. The van der Waals surface area contributed by atoms with Crippen LogP contribution in [0.25, 0.3) is 0 Å². The molecule has 0 aromatic heterocycles. The van der Waals surface area contributed by atoms with E-state index >= 15 is 0 Å². The van der Waals surface area contributed by atoms with Crippen molar-refractivity contribution in [3.63, 3.8) is 0 Å². The second kappa shape index (κ2) is 5.30. The van der Waals surface area contributed by atoms with E-state index < -0.39 is 17.9 Å². The first kappa shape index (κ1) is 13.4. The molecule has 0 spiro atoms. The molecule has 1 amide bonds. The number of hydrogen-bond acceptors (Lipinski definition) is 3. The lowest BCUT2D eigenvalue weighted by Crippen LogP contribution is -2.50. The van der Waals surface area contributed by atoms with E-state index in [4.69, 9.17) is 5.73 Å². The number of primary amides is 1. The SMILES string of the molecule is CC1CCCN(c2ccccc2C(N)=O)C1C(=O)O. The minimum Gasteiger partial charge on any atom is -0.480 e. The molecule has 0 bridgehead atoms. The zero-order chi connectivity index (χ0) is 14.0. The van der Waals surface area contributed by atoms with Gasteiger partial charge in [-0.05, 0) is 30.9 Å². The fourth-order valence-electron chi connectivity index (χ4n) is 2.77. The van der Waals surface area contributed by atoms with Gasteiger partial charge in [-0.2, -0.15) is 0 Å². The van der Waals surface area contributed by atoms with Crippen molar-refractivity contribution in [1.82, 2.24) is 0 Å². The molecule has 1 aromatic carbocycles. The zero-order valence-corrected chi connectivity index (χ0v) is 10.9. The van der Waals surface area contributed by atoms with Crippen molar-refractivity contribution in [2.45, 2.75) is 25.8 Å². The van der Waals surface area contributed by atoms with E-state index in [-0.39, 0.29) is 5.92 Å². The van der Waals surface area contributed by atoms with E-state index in [2.05, 4.69) is 0 Å². The monoisotopic (exact) mass is 262 g/mol. The Hall–Kier alpha value is -2.04. The molecule has 19 heavy (non-hydrogen) atoms. The van der Waals surface area contributed by atoms with Gasteiger partial charge >= 0.3 is 5.97 Å². The minimum atomic E-state index is -0.855. The summed E-state index contributed by atoms with van der Waals surface area (Å²) in [7, 11) is 0. The van der Waals surface area contributed by atoms with Gasteiger partial charge in [-0.15, -0.1) is 0 Å². The number of anilines is 1. The van der Waals surface area contributed by atoms with E-state index in [1.54, 1.807) is 29.2 Å². The molecule has 102 valence electrons. The zero-order valence-electron chi connectivity index (χ0n) is 10.9. The number of amides is 1. The number of carboxylic acids is 1. The standard InChI is InChI=1S/C14H18N2O3/c1-9-5-4-8-16(12(9)14(18)19)11-7-3-2-6-10(11)13(15)17/h2-3,6-7,9,12H,4-5,8H2,1H3,(H2,15,17)(H,18,19). The molecule has 1 saturated heterocycles. The van der Waals surface area contributed by atoms with Crippen molar-refractivity contribution in [1.29, 1.82) is 0 Å². The number of carboxylic acid groups (broad SMARTS) is 1. The second-order valence-electron chi connectivity index (χ2n) is 4.98. The van der Waals surface area contributed by atoms with Crippen LogP contribution in [0.2, 0.25) is 0 Å². The molecule has 1 heterocycles. The fourth-order valence-corrected chi connectivity index (χ4v) is 2.77. The van der Waals surface area contributed by atoms with Crippen LogP contribution >= 0.6 is 0 Å². The van der Waals surface area contributed by atoms with Crippen LogP contribution < -0.4 is 10.6 Å². The number of benzene rings is 1. The van der Waals surface area contributed by atoms with E-state index in [1.165, 1.54) is 0 Å². The molecule has 2 atom stereocenters. The third-order valence-corrected chi connectivity index (χ3v) is 3.67.